The summed E-state index contributed by atoms with van der Waals surface area (Å²) < 4.78 is 7.31. The van der Waals surface area contributed by atoms with Crippen LogP contribution in [-0.4, -0.2) is 31.8 Å². The predicted molar refractivity (Wildman–Crippen MR) is 97.1 cm³/mol. The first kappa shape index (κ1) is 15.7. The molecule has 0 atom stereocenters. The normalized spacial score (nSPS) is 10.7. The number of nitrogens with zero attached hydrogens (tertiary/aromatic N) is 5. The molecule has 8 nitrogen and oxygen atoms in total. The Morgan fingerprint density at radius 1 is 1.31 bits per heavy atom. The van der Waals surface area contributed by atoms with Crippen molar-refractivity contribution in [2.45, 2.75) is 0 Å². The highest BCUT2D eigenvalue weighted by molar-refractivity contribution is 5.83. The fraction of sp³-hybridized carbons (Fsp3) is 0.111. The largest absolute Gasteiger partial charge is 0.495 e. The van der Waals surface area contributed by atoms with Gasteiger partial charge in [0.2, 0.25) is 5.95 Å². The van der Waals surface area contributed by atoms with Crippen LogP contribution in [-0.2, 0) is 7.05 Å². The number of hydrogen-bond acceptors (Lipinski definition) is 6. The third-order valence-corrected chi connectivity index (χ3v) is 4.12. The molecule has 0 aliphatic rings. The van der Waals surface area contributed by atoms with Gasteiger partial charge in [0, 0.05) is 31.2 Å². The van der Waals surface area contributed by atoms with E-state index in [1.807, 2.05) is 31.3 Å². The van der Waals surface area contributed by atoms with Gasteiger partial charge in [0.25, 0.3) is 0 Å². The number of anilines is 2. The first-order chi connectivity index (χ1) is 12.7. The van der Waals surface area contributed by atoms with Crippen LogP contribution in [0.15, 0.2) is 42.9 Å². The maximum Gasteiger partial charge on any atom is 0.229 e. The lowest BCUT2D eigenvalue weighted by atomic mass is 10.1. The van der Waals surface area contributed by atoms with Gasteiger partial charge in [-0.3, -0.25) is 4.68 Å². The van der Waals surface area contributed by atoms with Crippen molar-refractivity contribution in [2.75, 3.05) is 12.4 Å². The van der Waals surface area contributed by atoms with Crippen LogP contribution in [0, 0.1) is 11.3 Å². The van der Waals surface area contributed by atoms with E-state index in [4.69, 9.17) is 10.00 Å². The summed E-state index contributed by atoms with van der Waals surface area (Å²) in [5.74, 6) is 1.08. The third kappa shape index (κ3) is 2.61. The second-order valence-electron chi connectivity index (χ2n) is 5.65. The zero-order valence-electron chi connectivity index (χ0n) is 14.2. The van der Waals surface area contributed by atoms with E-state index >= 15 is 0 Å². The predicted octanol–water partition coefficient (Wildman–Crippen LogP) is 2.98. The number of methoxy groups -OCH3 is 1. The molecule has 8 heteroatoms. The lowest BCUT2D eigenvalue weighted by Gasteiger charge is -2.12. The maximum atomic E-state index is 9.06. The van der Waals surface area contributed by atoms with Crippen LogP contribution in [0.25, 0.3) is 22.3 Å². The summed E-state index contributed by atoms with van der Waals surface area (Å²) in [4.78, 5) is 11.7. The molecule has 0 fully saturated rings. The van der Waals surface area contributed by atoms with Gasteiger partial charge in [-0.2, -0.15) is 15.3 Å². The molecule has 0 saturated heterocycles. The number of nitriles is 1. The number of nitrogens with one attached hydrogen (secondary N) is 2. The van der Waals surface area contributed by atoms with Crippen LogP contribution in [0.5, 0.6) is 5.75 Å². The zero-order chi connectivity index (χ0) is 18.1. The topological polar surface area (TPSA) is 104 Å². The summed E-state index contributed by atoms with van der Waals surface area (Å²) >= 11 is 0. The van der Waals surface area contributed by atoms with E-state index in [1.165, 1.54) is 0 Å². The van der Waals surface area contributed by atoms with Gasteiger partial charge < -0.3 is 15.0 Å². The standard InChI is InChI=1S/C18H15N7O/c1-25-15(5-6-22-25)11-3-4-14(16(7-11)26-2)23-18-21-10-13-12(8-19)9-20-17(13)24-18/h3-7,9-10H,1-2H3,(H2,20,21,23,24). The Kier molecular flexibility index (Phi) is 3.74. The van der Waals surface area contributed by atoms with Gasteiger partial charge in [-0.25, -0.2) is 4.98 Å². The Bertz CT molecular complexity index is 1140. The maximum absolute atomic E-state index is 9.06. The number of H-pyrrole nitrogens is 1. The molecule has 2 N–H and O–H groups in total. The van der Waals surface area contributed by atoms with Crippen molar-refractivity contribution in [1.82, 2.24) is 24.7 Å². The first-order valence-electron chi connectivity index (χ1n) is 7.87. The smallest absolute Gasteiger partial charge is 0.229 e. The summed E-state index contributed by atoms with van der Waals surface area (Å²) in [5.41, 5.74) is 3.84. The summed E-state index contributed by atoms with van der Waals surface area (Å²) in [6.45, 7) is 0. The monoisotopic (exact) mass is 345 g/mol. The Labute approximate surface area is 149 Å². The van der Waals surface area contributed by atoms with Gasteiger partial charge in [0.15, 0.2) is 0 Å². The first-order valence-corrected chi connectivity index (χ1v) is 7.87. The fourth-order valence-corrected chi connectivity index (χ4v) is 2.79. The minimum atomic E-state index is 0.412. The molecular formula is C18H15N7O. The average molecular weight is 345 g/mol. The SMILES string of the molecule is COc1cc(-c2ccnn2C)ccc1Nc1ncc2c(C#N)c[nH]c2n1. The molecule has 0 bridgehead atoms. The second-order valence-corrected chi connectivity index (χ2v) is 5.65. The Hall–Kier alpha value is -3.86. The van der Waals surface area contributed by atoms with E-state index in [2.05, 4.69) is 31.4 Å². The van der Waals surface area contributed by atoms with Crippen LogP contribution in [0.3, 0.4) is 0 Å². The molecule has 26 heavy (non-hydrogen) atoms. The van der Waals surface area contributed by atoms with E-state index in [1.54, 1.807) is 30.4 Å². The Morgan fingerprint density at radius 3 is 2.92 bits per heavy atom. The number of aryl methyl sites for hydroxylation is 1. The van der Waals surface area contributed by atoms with Gasteiger partial charge >= 0.3 is 0 Å². The number of aromatic amines is 1. The number of benzene rings is 1. The molecule has 4 aromatic rings. The van der Waals surface area contributed by atoms with E-state index < -0.39 is 0 Å². The summed E-state index contributed by atoms with van der Waals surface area (Å²) in [6, 6.07) is 9.86. The number of hydrogen-bond donors (Lipinski definition) is 2. The molecule has 3 heterocycles. The van der Waals surface area contributed by atoms with Crippen molar-refractivity contribution in [3.05, 3.63) is 48.4 Å². The van der Waals surface area contributed by atoms with Crippen LogP contribution in [0.2, 0.25) is 0 Å². The Balaban J connectivity index is 1.68. The molecule has 4 rings (SSSR count). The molecule has 0 aliphatic carbocycles. The molecule has 3 aromatic heterocycles. The van der Waals surface area contributed by atoms with Crippen molar-refractivity contribution in [2.24, 2.45) is 7.05 Å². The van der Waals surface area contributed by atoms with Gasteiger partial charge in [0.05, 0.1) is 29.4 Å². The number of fused-ring (bicyclic) bond motifs is 1. The van der Waals surface area contributed by atoms with Gasteiger partial charge in [-0.15, -0.1) is 0 Å². The third-order valence-electron chi connectivity index (χ3n) is 4.12. The summed E-state index contributed by atoms with van der Waals surface area (Å²) in [6.07, 6.45) is 4.99. The van der Waals surface area contributed by atoms with Crippen LogP contribution < -0.4 is 10.1 Å². The van der Waals surface area contributed by atoms with Gasteiger partial charge in [0.1, 0.15) is 17.5 Å². The van der Waals surface area contributed by atoms with Crippen molar-refractivity contribution in [3.8, 4) is 23.1 Å². The van der Waals surface area contributed by atoms with Crippen LogP contribution in [0.1, 0.15) is 5.56 Å². The molecular weight excluding hydrogens is 330 g/mol. The van der Waals surface area contributed by atoms with Crippen molar-refractivity contribution >= 4 is 22.7 Å². The molecule has 0 unspecified atom stereocenters. The van der Waals surface area contributed by atoms with Crippen LogP contribution >= 0.6 is 0 Å². The number of rotatable bonds is 4. The molecule has 128 valence electrons. The van der Waals surface area contributed by atoms with E-state index in [0.717, 1.165) is 16.9 Å². The summed E-state index contributed by atoms with van der Waals surface area (Å²) in [7, 11) is 3.50. The number of ether oxygens (including phenoxy) is 1. The molecule has 0 amide bonds. The molecule has 0 radical (unpaired) electrons. The second kappa shape index (κ2) is 6.22. The van der Waals surface area contributed by atoms with Crippen molar-refractivity contribution < 1.29 is 4.74 Å². The highest BCUT2D eigenvalue weighted by Crippen LogP contribution is 2.32. The molecule has 0 spiro atoms. The van der Waals surface area contributed by atoms with E-state index in [-0.39, 0.29) is 0 Å². The lowest BCUT2D eigenvalue weighted by Crippen LogP contribution is -2.00. The van der Waals surface area contributed by atoms with Gasteiger partial charge in [-0.05, 0) is 18.2 Å². The summed E-state index contributed by atoms with van der Waals surface area (Å²) in [5, 5.41) is 17.1. The highest BCUT2D eigenvalue weighted by Gasteiger charge is 2.11. The fourth-order valence-electron chi connectivity index (χ4n) is 2.79. The zero-order valence-corrected chi connectivity index (χ0v) is 14.2. The molecule has 1 aromatic carbocycles. The van der Waals surface area contributed by atoms with E-state index in [0.29, 0.717) is 28.3 Å². The minimum Gasteiger partial charge on any atom is -0.495 e. The van der Waals surface area contributed by atoms with Crippen molar-refractivity contribution in [3.63, 3.8) is 0 Å². The lowest BCUT2D eigenvalue weighted by molar-refractivity contribution is 0.417. The van der Waals surface area contributed by atoms with Crippen molar-refractivity contribution in [1.29, 1.82) is 5.26 Å². The average Bonchev–Trinajstić information content (AvgIpc) is 3.27. The molecule has 0 saturated carbocycles. The number of aromatic nitrogens is 5. The minimum absolute atomic E-state index is 0.412. The van der Waals surface area contributed by atoms with E-state index in [9.17, 15) is 0 Å². The van der Waals surface area contributed by atoms with Crippen LogP contribution in [0.4, 0.5) is 11.6 Å². The molecule has 0 aliphatic heterocycles. The van der Waals surface area contributed by atoms with Gasteiger partial charge in [-0.1, -0.05) is 6.07 Å². The Morgan fingerprint density at radius 2 is 2.19 bits per heavy atom. The highest BCUT2D eigenvalue weighted by atomic mass is 16.5. The quantitative estimate of drug-likeness (QED) is 0.589.